The Bertz CT molecular complexity index is 2270. The van der Waals surface area contributed by atoms with Gasteiger partial charge in [0, 0.05) is 18.7 Å². The van der Waals surface area contributed by atoms with Crippen molar-refractivity contribution in [1.82, 2.24) is 50.6 Å². The van der Waals surface area contributed by atoms with Gasteiger partial charge in [-0.05, 0) is 54.5 Å². The van der Waals surface area contributed by atoms with Crippen LogP contribution in [0.15, 0.2) is 109 Å². The summed E-state index contributed by atoms with van der Waals surface area (Å²) in [4.78, 5) is 71.8. The zero-order valence-corrected chi connectivity index (χ0v) is 33.1. The number of H-pyrrole nitrogens is 2. The molecular weight excluding hydrogens is 765 g/mol. The van der Waals surface area contributed by atoms with Crippen LogP contribution in [0.2, 0.25) is 0 Å². The second-order valence-corrected chi connectivity index (χ2v) is 14.6. The smallest absolute Gasteiger partial charge is 0.407 e. The fourth-order valence-electron chi connectivity index (χ4n) is 7.92. The Balaban J connectivity index is 0.928. The average Bonchev–Trinajstić information content (AvgIpc) is 4.15. The third-order valence-corrected chi connectivity index (χ3v) is 11.0. The first-order valence-electron chi connectivity index (χ1n) is 19.8. The number of imidazole rings is 2. The molecule has 4 N–H and O–H groups in total. The molecule has 0 saturated carbocycles. The van der Waals surface area contributed by atoms with E-state index < -0.39 is 24.3 Å². The molecule has 16 nitrogen and oxygen atoms in total. The second kappa shape index (κ2) is 17.6. The maximum absolute atomic E-state index is 13.9. The topological polar surface area (TPSA) is 200 Å². The standard InChI is InChI=1S/C44H44N10O6/c1-59-43(57)49-37(29-11-5-3-6-12-29)41(55)53-23-9-15-35(53)39-45-25-33(47-39)28-19-17-27(18-20-28)31-21-22-32(52-51-31)34-26-46-40(48-34)36-16-10-24-54(36)42(56)38(50-44(58)60-2)30-13-7-4-8-14-30/h3-8,11-14,17-22,25-26,35-38H,9-10,15-16,23-24H2,1-2H3,(H,45,47)(H,46,48)(H,49,57)(H,50,58)/t35-,36-,37+,38+/m0/s1. The van der Waals surface area contributed by atoms with E-state index in [2.05, 4.69) is 40.8 Å². The number of amides is 4. The number of hydrogen-bond acceptors (Lipinski definition) is 10. The maximum atomic E-state index is 13.9. The first-order valence-corrected chi connectivity index (χ1v) is 19.8. The molecule has 0 unspecified atom stereocenters. The van der Waals surface area contributed by atoms with Crippen molar-refractivity contribution in [2.24, 2.45) is 0 Å². The molecule has 0 aliphatic carbocycles. The maximum Gasteiger partial charge on any atom is 0.407 e. The number of rotatable bonds is 11. The molecule has 0 bridgehead atoms. The van der Waals surface area contributed by atoms with Gasteiger partial charge in [0.15, 0.2) is 0 Å². The van der Waals surface area contributed by atoms with Crippen molar-refractivity contribution >= 4 is 24.0 Å². The van der Waals surface area contributed by atoms with E-state index in [1.54, 1.807) is 46.5 Å². The number of alkyl carbamates (subject to hydrolysis) is 2. The van der Waals surface area contributed by atoms with Crippen LogP contribution in [0.1, 0.15) is 72.6 Å². The summed E-state index contributed by atoms with van der Waals surface area (Å²) in [5.41, 5.74) is 5.85. The summed E-state index contributed by atoms with van der Waals surface area (Å²) in [7, 11) is 2.54. The Morgan fingerprint density at radius 2 is 1.05 bits per heavy atom. The van der Waals surface area contributed by atoms with Crippen LogP contribution in [-0.4, -0.2) is 91.2 Å². The highest BCUT2D eigenvalue weighted by atomic mass is 16.5. The van der Waals surface area contributed by atoms with E-state index in [1.165, 1.54) is 14.2 Å². The molecule has 3 aromatic carbocycles. The molecule has 4 amide bonds. The van der Waals surface area contributed by atoms with Gasteiger partial charge in [0.05, 0.1) is 55.8 Å². The fraction of sp³-hybridized carbons (Fsp3) is 0.273. The minimum Gasteiger partial charge on any atom is -0.453 e. The third kappa shape index (κ3) is 8.30. The van der Waals surface area contributed by atoms with Crippen molar-refractivity contribution in [3.8, 4) is 33.9 Å². The van der Waals surface area contributed by atoms with Crippen molar-refractivity contribution in [1.29, 1.82) is 0 Å². The molecular formula is C44H44N10O6. The van der Waals surface area contributed by atoms with Crippen molar-refractivity contribution in [2.45, 2.75) is 49.9 Å². The van der Waals surface area contributed by atoms with Gasteiger partial charge in [-0.3, -0.25) is 9.59 Å². The normalized spacial score (nSPS) is 17.2. The molecule has 2 fully saturated rings. The molecule has 5 heterocycles. The van der Waals surface area contributed by atoms with Gasteiger partial charge in [-0.1, -0.05) is 84.9 Å². The van der Waals surface area contributed by atoms with Gasteiger partial charge < -0.3 is 39.9 Å². The molecule has 2 aliphatic heterocycles. The number of ether oxygens (including phenoxy) is 2. The Labute approximate surface area is 345 Å². The summed E-state index contributed by atoms with van der Waals surface area (Å²) >= 11 is 0. The van der Waals surface area contributed by atoms with Crippen LogP contribution in [0.25, 0.3) is 33.9 Å². The molecule has 16 heteroatoms. The van der Waals surface area contributed by atoms with Crippen molar-refractivity contribution in [2.75, 3.05) is 27.3 Å². The number of aromatic amines is 2. The minimum absolute atomic E-state index is 0.229. The third-order valence-electron chi connectivity index (χ3n) is 11.0. The zero-order valence-electron chi connectivity index (χ0n) is 33.1. The molecule has 2 aliphatic rings. The lowest BCUT2D eigenvalue weighted by atomic mass is 10.0. The number of nitrogens with zero attached hydrogens (tertiary/aromatic N) is 6. The molecule has 2 saturated heterocycles. The van der Waals surface area contributed by atoms with Crippen molar-refractivity contribution < 1.29 is 28.7 Å². The molecule has 6 aromatic rings. The highest BCUT2D eigenvalue weighted by molar-refractivity contribution is 5.88. The molecule has 0 spiro atoms. The summed E-state index contributed by atoms with van der Waals surface area (Å²) in [6.07, 6.45) is 5.12. The number of aromatic nitrogens is 6. The lowest BCUT2D eigenvalue weighted by Crippen LogP contribution is -2.42. The number of hydrogen-bond donors (Lipinski definition) is 4. The van der Waals surface area contributed by atoms with E-state index in [-0.39, 0.29) is 23.9 Å². The lowest BCUT2D eigenvalue weighted by Gasteiger charge is -2.28. The highest BCUT2D eigenvalue weighted by Gasteiger charge is 2.38. The minimum atomic E-state index is -0.906. The van der Waals surface area contributed by atoms with Crippen LogP contribution in [0.4, 0.5) is 9.59 Å². The van der Waals surface area contributed by atoms with Crippen LogP contribution in [0.3, 0.4) is 0 Å². The Kier molecular flexibility index (Phi) is 11.6. The van der Waals surface area contributed by atoms with Crippen molar-refractivity contribution in [3.05, 3.63) is 132 Å². The van der Waals surface area contributed by atoms with E-state index in [0.717, 1.165) is 36.1 Å². The zero-order chi connectivity index (χ0) is 41.6. The van der Waals surface area contributed by atoms with Gasteiger partial charge in [-0.25, -0.2) is 19.6 Å². The fourth-order valence-corrected chi connectivity index (χ4v) is 7.92. The Morgan fingerprint density at radius 1 is 0.600 bits per heavy atom. The Morgan fingerprint density at radius 3 is 1.53 bits per heavy atom. The largest absolute Gasteiger partial charge is 0.453 e. The van der Waals surface area contributed by atoms with Gasteiger partial charge in [0.1, 0.15) is 29.4 Å². The molecule has 60 heavy (non-hydrogen) atoms. The monoisotopic (exact) mass is 808 g/mol. The van der Waals surface area contributed by atoms with Crippen LogP contribution in [-0.2, 0) is 19.1 Å². The second-order valence-electron chi connectivity index (χ2n) is 14.6. The van der Waals surface area contributed by atoms with Crippen LogP contribution in [0.5, 0.6) is 0 Å². The summed E-state index contributed by atoms with van der Waals surface area (Å²) in [6, 6.07) is 27.5. The predicted octanol–water partition coefficient (Wildman–Crippen LogP) is 6.45. The van der Waals surface area contributed by atoms with Crippen molar-refractivity contribution in [3.63, 3.8) is 0 Å². The first kappa shape index (κ1) is 39.5. The average molecular weight is 809 g/mol. The van der Waals surface area contributed by atoms with Gasteiger partial charge >= 0.3 is 12.2 Å². The van der Waals surface area contributed by atoms with E-state index in [0.29, 0.717) is 59.4 Å². The summed E-state index contributed by atoms with van der Waals surface area (Å²) in [5, 5.41) is 14.4. The number of carbonyl (C=O) groups excluding carboxylic acids is 4. The number of likely N-dealkylation sites (tertiary alicyclic amines) is 2. The van der Waals surface area contributed by atoms with E-state index in [1.807, 2.05) is 72.8 Å². The van der Waals surface area contributed by atoms with Crippen LogP contribution < -0.4 is 10.6 Å². The predicted molar refractivity (Wildman–Crippen MR) is 219 cm³/mol. The van der Waals surface area contributed by atoms with Gasteiger partial charge in [-0.2, -0.15) is 0 Å². The van der Waals surface area contributed by atoms with E-state index in [9.17, 15) is 19.2 Å². The summed E-state index contributed by atoms with van der Waals surface area (Å²) in [6.45, 7) is 1.06. The first-order chi connectivity index (χ1) is 29.3. The number of benzene rings is 3. The summed E-state index contributed by atoms with van der Waals surface area (Å²) in [5.74, 6) is 0.828. The number of methoxy groups -OCH3 is 2. The van der Waals surface area contributed by atoms with Crippen LogP contribution in [0, 0.1) is 0 Å². The summed E-state index contributed by atoms with van der Waals surface area (Å²) < 4.78 is 9.63. The quantitative estimate of drug-likeness (QED) is 0.113. The van der Waals surface area contributed by atoms with E-state index in [4.69, 9.17) is 9.47 Å². The van der Waals surface area contributed by atoms with Gasteiger partial charge in [0.2, 0.25) is 0 Å². The van der Waals surface area contributed by atoms with Gasteiger partial charge in [-0.15, -0.1) is 10.2 Å². The van der Waals surface area contributed by atoms with E-state index >= 15 is 0 Å². The molecule has 306 valence electrons. The molecule has 8 rings (SSSR count). The molecule has 4 atom stereocenters. The van der Waals surface area contributed by atoms with Crippen LogP contribution >= 0.6 is 0 Å². The highest BCUT2D eigenvalue weighted by Crippen LogP contribution is 2.36. The number of nitrogens with one attached hydrogen (secondary N) is 4. The Hall–Kier alpha value is -7.36. The van der Waals surface area contributed by atoms with Gasteiger partial charge in [0.25, 0.3) is 11.8 Å². The SMILES string of the molecule is COC(=O)N[C@@H](C(=O)N1CCC[C@H]1c1ncc(-c2ccc(-c3ccc(-c4cnc([C@@H]5CCCN5C(=O)[C@H](NC(=O)OC)c5ccccc5)[nH]4)nn3)cc2)[nH]1)c1ccccc1. The molecule has 3 aromatic heterocycles. The molecule has 0 radical (unpaired) electrons. The lowest BCUT2D eigenvalue weighted by molar-refractivity contribution is -0.135. The number of carbonyl (C=O) groups is 4.